The lowest BCUT2D eigenvalue weighted by atomic mass is 10.2. The van der Waals surface area contributed by atoms with E-state index in [9.17, 15) is 8.42 Å². The zero-order valence-corrected chi connectivity index (χ0v) is 10.7. The van der Waals surface area contributed by atoms with Crippen LogP contribution in [0, 0.1) is 0 Å². The molecule has 86 valence electrons. The maximum atomic E-state index is 12.0. The van der Waals surface area contributed by atoms with Gasteiger partial charge in [-0.2, -0.15) is 0 Å². The predicted molar refractivity (Wildman–Crippen MR) is 62.3 cm³/mol. The van der Waals surface area contributed by atoms with Crippen LogP contribution in [-0.4, -0.2) is 18.9 Å². The summed E-state index contributed by atoms with van der Waals surface area (Å²) in [5, 5.41) is -0.280. The minimum absolute atomic E-state index is 0.104. The van der Waals surface area contributed by atoms with Gasteiger partial charge in [0.15, 0.2) is 9.84 Å². The van der Waals surface area contributed by atoms with Gasteiger partial charge >= 0.3 is 0 Å². The van der Waals surface area contributed by atoms with E-state index in [0.29, 0.717) is 0 Å². The lowest BCUT2D eigenvalue weighted by Gasteiger charge is -2.20. The summed E-state index contributed by atoms with van der Waals surface area (Å²) in [6.45, 7) is 7.87. The van der Waals surface area contributed by atoms with Gasteiger partial charge < -0.3 is 0 Å². The number of hydrogen-bond donors (Lipinski definition) is 0. The third-order valence-electron chi connectivity index (χ3n) is 2.82. The summed E-state index contributed by atoms with van der Waals surface area (Å²) in [6, 6.07) is 0. The van der Waals surface area contributed by atoms with Crippen molar-refractivity contribution in [3.8, 4) is 0 Å². The summed E-state index contributed by atoms with van der Waals surface area (Å²) in [6.07, 6.45) is 4.29. The molecule has 14 heavy (non-hydrogen) atoms. The molecule has 0 aromatic carbocycles. The molecule has 3 heteroatoms. The molecule has 0 radical (unpaired) electrons. The van der Waals surface area contributed by atoms with Crippen LogP contribution in [0.15, 0.2) is 0 Å². The Morgan fingerprint density at radius 2 is 1.43 bits per heavy atom. The zero-order valence-electron chi connectivity index (χ0n) is 9.91. The molecule has 0 fully saturated rings. The van der Waals surface area contributed by atoms with Crippen molar-refractivity contribution in [2.75, 3.05) is 0 Å². The van der Waals surface area contributed by atoms with Gasteiger partial charge in [-0.15, -0.1) is 0 Å². The minimum Gasteiger partial charge on any atom is -0.228 e. The van der Waals surface area contributed by atoms with Crippen LogP contribution >= 0.6 is 0 Å². The van der Waals surface area contributed by atoms with Crippen molar-refractivity contribution in [3.05, 3.63) is 0 Å². The molecule has 0 aliphatic carbocycles. The van der Waals surface area contributed by atoms with Gasteiger partial charge in [0, 0.05) is 0 Å². The molecule has 0 rings (SSSR count). The van der Waals surface area contributed by atoms with E-state index in [1.165, 1.54) is 0 Å². The van der Waals surface area contributed by atoms with Crippen molar-refractivity contribution < 1.29 is 8.42 Å². The van der Waals surface area contributed by atoms with Gasteiger partial charge in [-0.05, 0) is 26.2 Å². The van der Waals surface area contributed by atoms with E-state index in [-0.39, 0.29) is 10.5 Å². The minimum atomic E-state index is -2.88. The monoisotopic (exact) mass is 220 g/mol. The molecule has 0 N–H and O–H groups in total. The van der Waals surface area contributed by atoms with Crippen molar-refractivity contribution in [2.45, 2.75) is 70.3 Å². The molecule has 0 saturated heterocycles. The van der Waals surface area contributed by atoms with Crippen LogP contribution in [0.1, 0.15) is 59.8 Å². The molecule has 0 aliphatic heterocycles. The molecule has 0 aromatic heterocycles. The van der Waals surface area contributed by atoms with Gasteiger partial charge in [0.2, 0.25) is 0 Å². The summed E-state index contributed by atoms with van der Waals surface area (Å²) in [5.74, 6) is 0. The Balaban J connectivity index is 4.62. The second-order valence-electron chi connectivity index (χ2n) is 4.01. The highest BCUT2D eigenvalue weighted by atomic mass is 32.2. The summed E-state index contributed by atoms with van der Waals surface area (Å²) in [4.78, 5) is 0. The van der Waals surface area contributed by atoms with Gasteiger partial charge in [-0.1, -0.05) is 33.6 Å². The van der Waals surface area contributed by atoms with Gasteiger partial charge in [-0.3, -0.25) is 0 Å². The van der Waals surface area contributed by atoms with Gasteiger partial charge in [0.1, 0.15) is 0 Å². The van der Waals surface area contributed by atoms with Gasteiger partial charge in [0.25, 0.3) is 0 Å². The highest BCUT2D eigenvalue weighted by molar-refractivity contribution is 7.92. The summed E-state index contributed by atoms with van der Waals surface area (Å²) < 4.78 is 24.1. The summed E-state index contributed by atoms with van der Waals surface area (Å²) in [7, 11) is -2.88. The predicted octanol–water partition coefficient (Wildman–Crippen LogP) is 3.17. The van der Waals surface area contributed by atoms with E-state index < -0.39 is 9.84 Å². The quantitative estimate of drug-likeness (QED) is 0.660. The fraction of sp³-hybridized carbons (Fsp3) is 1.00. The van der Waals surface area contributed by atoms with Crippen molar-refractivity contribution >= 4 is 9.84 Å². The lowest BCUT2D eigenvalue weighted by Crippen LogP contribution is -2.29. The SMILES string of the molecule is CCCC(CCC)S(=O)(=O)C(C)CC. The Labute approximate surface area is 89.0 Å². The van der Waals surface area contributed by atoms with Crippen LogP contribution in [0.2, 0.25) is 0 Å². The Morgan fingerprint density at radius 3 is 1.71 bits per heavy atom. The average molecular weight is 220 g/mol. The maximum Gasteiger partial charge on any atom is 0.155 e. The Morgan fingerprint density at radius 1 is 1.00 bits per heavy atom. The van der Waals surface area contributed by atoms with E-state index in [1.807, 2.05) is 13.8 Å². The Kier molecular flexibility index (Phi) is 6.41. The first-order chi connectivity index (χ1) is 6.50. The van der Waals surface area contributed by atoms with E-state index in [4.69, 9.17) is 0 Å². The molecule has 0 bridgehead atoms. The molecule has 1 atom stereocenters. The second-order valence-corrected chi connectivity index (χ2v) is 6.66. The third kappa shape index (κ3) is 3.60. The summed E-state index contributed by atoms with van der Waals surface area (Å²) in [5.41, 5.74) is 0. The molecule has 0 saturated carbocycles. The number of rotatable bonds is 7. The molecule has 0 amide bonds. The summed E-state index contributed by atoms with van der Waals surface area (Å²) >= 11 is 0. The number of hydrogen-bond acceptors (Lipinski definition) is 2. The fourth-order valence-corrected chi connectivity index (χ4v) is 3.93. The third-order valence-corrected chi connectivity index (χ3v) is 5.68. The molecule has 0 spiro atoms. The van der Waals surface area contributed by atoms with Gasteiger partial charge in [0.05, 0.1) is 10.5 Å². The van der Waals surface area contributed by atoms with E-state index in [2.05, 4.69) is 13.8 Å². The first-order valence-corrected chi connectivity index (χ1v) is 7.34. The van der Waals surface area contributed by atoms with Crippen LogP contribution < -0.4 is 0 Å². The zero-order chi connectivity index (χ0) is 11.2. The van der Waals surface area contributed by atoms with Crippen molar-refractivity contribution in [3.63, 3.8) is 0 Å². The number of sulfone groups is 1. The highest BCUT2D eigenvalue weighted by Crippen LogP contribution is 2.20. The van der Waals surface area contributed by atoms with Crippen LogP contribution in [0.25, 0.3) is 0 Å². The van der Waals surface area contributed by atoms with E-state index in [0.717, 1.165) is 32.1 Å². The molecule has 0 aromatic rings. The first kappa shape index (κ1) is 13.9. The van der Waals surface area contributed by atoms with Gasteiger partial charge in [-0.25, -0.2) is 8.42 Å². The molecule has 1 unspecified atom stereocenters. The molecule has 0 aliphatic rings. The molecular weight excluding hydrogens is 196 g/mol. The second kappa shape index (κ2) is 6.44. The normalized spacial score (nSPS) is 14.6. The lowest BCUT2D eigenvalue weighted by molar-refractivity contribution is 0.541. The van der Waals surface area contributed by atoms with E-state index >= 15 is 0 Å². The fourth-order valence-electron chi connectivity index (χ4n) is 1.68. The standard InChI is InChI=1S/C11H24O2S/c1-5-8-11(9-6-2)14(12,13)10(4)7-3/h10-11H,5-9H2,1-4H3. The van der Waals surface area contributed by atoms with Crippen molar-refractivity contribution in [1.29, 1.82) is 0 Å². The average Bonchev–Trinajstić information content (AvgIpc) is 2.16. The molecule has 0 heterocycles. The molecular formula is C11H24O2S. The van der Waals surface area contributed by atoms with Crippen LogP contribution in [0.5, 0.6) is 0 Å². The Bertz CT molecular complexity index is 226. The maximum absolute atomic E-state index is 12.0. The van der Waals surface area contributed by atoms with Crippen LogP contribution in [0.4, 0.5) is 0 Å². The topological polar surface area (TPSA) is 34.1 Å². The molecule has 2 nitrogen and oxygen atoms in total. The van der Waals surface area contributed by atoms with E-state index in [1.54, 1.807) is 0 Å². The smallest absolute Gasteiger partial charge is 0.155 e. The highest BCUT2D eigenvalue weighted by Gasteiger charge is 2.28. The van der Waals surface area contributed by atoms with Crippen LogP contribution in [0.3, 0.4) is 0 Å². The first-order valence-electron chi connectivity index (χ1n) is 5.73. The van der Waals surface area contributed by atoms with Crippen molar-refractivity contribution in [1.82, 2.24) is 0 Å². The largest absolute Gasteiger partial charge is 0.228 e. The van der Waals surface area contributed by atoms with Crippen LogP contribution in [-0.2, 0) is 9.84 Å². The Hall–Kier alpha value is -0.0500. The van der Waals surface area contributed by atoms with Crippen molar-refractivity contribution in [2.24, 2.45) is 0 Å².